The molecule has 8 nitrogen and oxygen atoms in total. The van der Waals surface area contributed by atoms with Crippen LogP contribution in [0, 0.1) is 10.1 Å². The van der Waals surface area contributed by atoms with Crippen LogP contribution < -0.4 is 5.32 Å². The van der Waals surface area contributed by atoms with Gasteiger partial charge in [-0.05, 0) is 12.1 Å². The highest BCUT2D eigenvalue weighted by Crippen LogP contribution is 2.27. The summed E-state index contributed by atoms with van der Waals surface area (Å²) in [7, 11) is 0. The average molecular weight is 355 g/mol. The van der Waals surface area contributed by atoms with Crippen LogP contribution in [0.5, 0.6) is 0 Å². The molecule has 0 spiro atoms. The number of nitrogens with zero attached hydrogens (tertiary/aromatic N) is 3. The lowest BCUT2D eigenvalue weighted by atomic mass is 10.2. The van der Waals surface area contributed by atoms with Gasteiger partial charge in [0.05, 0.1) is 11.3 Å². The molecule has 0 aliphatic carbocycles. The number of nitrogens with one attached hydrogen (secondary N) is 1. The maximum absolute atomic E-state index is 10.9. The second-order valence-electron chi connectivity index (χ2n) is 4.15. The molecule has 9 heteroatoms. The van der Waals surface area contributed by atoms with Crippen LogP contribution in [0.3, 0.4) is 0 Å². The number of rotatable bonds is 6. The molecule has 1 heterocycles. The second kappa shape index (κ2) is 6.35. The maximum Gasteiger partial charge on any atom is 0.356 e. The van der Waals surface area contributed by atoms with E-state index < -0.39 is 10.9 Å². The van der Waals surface area contributed by atoms with Gasteiger partial charge in [0.15, 0.2) is 5.69 Å². The summed E-state index contributed by atoms with van der Waals surface area (Å²) < 4.78 is 2.33. The zero-order chi connectivity index (χ0) is 15.4. The summed E-state index contributed by atoms with van der Waals surface area (Å²) in [5, 5.41) is 22.6. The van der Waals surface area contributed by atoms with Gasteiger partial charge in [-0.15, -0.1) is 0 Å². The van der Waals surface area contributed by atoms with Gasteiger partial charge in [0.25, 0.3) is 5.69 Å². The minimum Gasteiger partial charge on any atom is -0.476 e. The van der Waals surface area contributed by atoms with Crippen molar-refractivity contribution in [2.45, 2.75) is 6.54 Å². The summed E-state index contributed by atoms with van der Waals surface area (Å²) in [5.41, 5.74) is 0.339. The van der Waals surface area contributed by atoms with Crippen LogP contribution >= 0.6 is 15.9 Å². The topological polar surface area (TPSA) is 110 Å². The smallest absolute Gasteiger partial charge is 0.356 e. The predicted octanol–water partition coefficient (Wildman–Crippen LogP) is 2.36. The van der Waals surface area contributed by atoms with Gasteiger partial charge in [-0.1, -0.05) is 15.9 Å². The number of imidazole rings is 1. The monoisotopic (exact) mass is 354 g/mol. The average Bonchev–Trinajstić information content (AvgIpc) is 2.87. The first-order chi connectivity index (χ1) is 9.97. The Labute approximate surface area is 127 Å². The molecule has 1 aromatic heterocycles. The molecule has 0 aliphatic rings. The van der Waals surface area contributed by atoms with Gasteiger partial charge in [-0.3, -0.25) is 10.1 Å². The third-order valence-corrected chi connectivity index (χ3v) is 3.19. The molecule has 0 unspecified atom stereocenters. The molecule has 0 fully saturated rings. The van der Waals surface area contributed by atoms with Gasteiger partial charge in [-0.2, -0.15) is 0 Å². The molecule has 0 radical (unpaired) electrons. The zero-order valence-electron chi connectivity index (χ0n) is 10.7. The van der Waals surface area contributed by atoms with E-state index in [1.165, 1.54) is 18.6 Å². The molecule has 0 amide bonds. The summed E-state index contributed by atoms with van der Waals surface area (Å²) in [6.45, 7) is 0.830. The van der Waals surface area contributed by atoms with E-state index in [4.69, 9.17) is 5.11 Å². The zero-order valence-corrected chi connectivity index (χ0v) is 12.3. The van der Waals surface area contributed by atoms with Crippen molar-refractivity contribution < 1.29 is 14.8 Å². The highest BCUT2D eigenvalue weighted by Gasteiger charge is 2.13. The Kier molecular flexibility index (Phi) is 4.53. The molecule has 21 heavy (non-hydrogen) atoms. The van der Waals surface area contributed by atoms with Crippen molar-refractivity contribution >= 4 is 33.3 Å². The third kappa shape index (κ3) is 3.78. The van der Waals surface area contributed by atoms with Crippen molar-refractivity contribution in [3.05, 3.63) is 51.0 Å². The number of anilines is 1. The number of halogens is 1. The van der Waals surface area contributed by atoms with Crippen LogP contribution in [-0.4, -0.2) is 32.1 Å². The predicted molar refractivity (Wildman–Crippen MR) is 78.5 cm³/mol. The number of nitro groups is 1. The van der Waals surface area contributed by atoms with Gasteiger partial charge in [0.1, 0.15) is 5.69 Å². The second-order valence-corrected chi connectivity index (χ2v) is 5.06. The molecule has 0 saturated heterocycles. The van der Waals surface area contributed by atoms with E-state index in [-0.39, 0.29) is 11.4 Å². The van der Waals surface area contributed by atoms with Crippen molar-refractivity contribution in [3.8, 4) is 0 Å². The highest BCUT2D eigenvalue weighted by atomic mass is 79.9. The first-order valence-electron chi connectivity index (χ1n) is 5.90. The number of nitro benzene ring substituents is 1. The number of aromatic nitrogens is 2. The summed E-state index contributed by atoms with van der Waals surface area (Å²) in [6, 6.07) is 4.62. The number of hydrogen-bond donors (Lipinski definition) is 2. The first kappa shape index (κ1) is 15.0. The van der Waals surface area contributed by atoms with Crippen LogP contribution in [0.2, 0.25) is 0 Å². The molecule has 0 aliphatic heterocycles. The lowest BCUT2D eigenvalue weighted by Gasteiger charge is -2.08. The van der Waals surface area contributed by atoms with Crippen molar-refractivity contribution in [2.24, 2.45) is 0 Å². The van der Waals surface area contributed by atoms with Crippen LogP contribution in [0.4, 0.5) is 11.4 Å². The Hall–Kier alpha value is -2.42. The summed E-state index contributed by atoms with van der Waals surface area (Å²) in [5.74, 6) is -1.09. The molecule has 0 bridgehead atoms. The van der Waals surface area contributed by atoms with Gasteiger partial charge in [0.2, 0.25) is 0 Å². The number of aromatic carboxylic acids is 1. The summed E-state index contributed by atoms with van der Waals surface area (Å²) in [6.07, 6.45) is 2.81. The van der Waals surface area contributed by atoms with Gasteiger partial charge >= 0.3 is 5.97 Å². The fourth-order valence-electron chi connectivity index (χ4n) is 1.72. The van der Waals surface area contributed by atoms with Crippen molar-refractivity contribution in [2.75, 3.05) is 11.9 Å². The fraction of sp³-hybridized carbons (Fsp3) is 0.167. The van der Waals surface area contributed by atoms with E-state index in [1.807, 2.05) is 0 Å². The van der Waals surface area contributed by atoms with E-state index in [0.29, 0.717) is 18.8 Å². The lowest BCUT2D eigenvalue weighted by Crippen LogP contribution is -2.10. The highest BCUT2D eigenvalue weighted by molar-refractivity contribution is 9.10. The maximum atomic E-state index is 10.9. The summed E-state index contributed by atoms with van der Waals surface area (Å²) in [4.78, 5) is 24.9. The Morgan fingerprint density at radius 3 is 2.90 bits per heavy atom. The number of carboxylic acids is 1. The van der Waals surface area contributed by atoms with E-state index in [1.54, 1.807) is 16.7 Å². The minimum atomic E-state index is -1.09. The van der Waals surface area contributed by atoms with E-state index in [0.717, 1.165) is 4.47 Å². The number of carbonyl (C=O) groups is 1. The van der Waals surface area contributed by atoms with E-state index in [2.05, 4.69) is 26.2 Å². The van der Waals surface area contributed by atoms with Crippen LogP contribution in [0.15, 0.2) is 35.2 Å². The van der Waals surface area contributed by atoms with E-state index in [9.17, 15) is 14.9 Å². The van der Waals surface area contributed by atoms with Crippen molar-refractivity contribution in [1.82, 2.24) is 9.55 Å². The number of carboxylic acid groups (broad SMARTS) is 1. The Bertz CT molecular complexity index is 686. The van der Waals surface area contributed by atoms with Crippen LogP contribution in [0.1, 0.15) is 10.5 Å². The Morgan fingerprint density at radius 2 is 2.29 bits per heavy atom. The summed E-state index contributed by atoms with van der Waals surface area (Å²) >= 11 is 3.26. The number of hydrogen-bond acceptors (Lipinski definition) is 5. The molecule has 110 valence electrons. The standard InChI is InChI=1S/C12H11BrN4O4/c13-8-1-2-11(17(20)21)9(5-8)14-3-4-16-6-10(12(18)19)15-7-16/h1-2,5-7,14H,3-4H2,(H,18,19). The van der Waals surface area contributed by atoms with E-state index >= 15 is 0 Å². The normalized spacial score (nSPS) is 10.3. The quantitative estimate of drug-likeness (QED) is 0.608. The lowest BCUT2D eigenvalue weighted by molar-refractivity contribution is -0.384. The fourth-order valence-corrected chi connectivity index (χ4v) is 2.08. The SMILES string of the molecule is O=C(O)c1cn(CCNc2cc(Br)ccc2[N+](=O)[O-])cn1. The molecule has 2 rings (SSSR count). The van der Waals surface area contributed by atoms with Crippen LogP contribution in [-0.2, 0) is 6.54 Å². The molecule has 1 aromatic carbocycles. The van der Waals surface area contributed by atoms with Gasteiger partial charge in [0, 0.05) is 29.8 Å². The van der Waals surface area contributed by atoms with Crippen molar-refractivity contribution in [3.63, 3.8) is 0 Å². The van der Waals surface area contributed by atoms with Gasteiger partial charge in [-0.25, -0.2) is 9.78 Å². The van der Waals surface area contributed by atoms with Crippen LogP contribution in [0.25, 0.3) is 0 Å². The largest absolute Gasteiger partial charge is 0.476 e. The minimum absolute atomic E-state index is 0.0185. The van der Waals surface area contributed by atoms with Crippen molar-refractivity contribution in [1.29, 1.82) is 0 Å². The molecule has 0 atom stereocenters. The first-order valence-corrected chi connectivity index (χ1v) is 6.69. The molecular weight excluding hydrogens is 344 g/mol. The molecular formula is C12H11BrN4O4. The Balaban J connectivity index is 2.01. The van der Waals surface area contributed by atoms with Gasteiger partial charge < -0.3 is 15.0 Å². The number of benzene rings is 1. The molecule has 2 N–H and O–H groups in total. The Morgan fingerprint density at radius 1 is 1.52 bits per heavy atom. The molecule has 0 saturated carbocycles. The third-order valence-electron chi connectivity index (χ3n) is 2.69. The molecule has 2 aromatic rings.